The van der Waals surface area contributed by atoms with Crippen molar-refractivity contribution in [2.45, 2.75) is 0 Å². The number of alkyl halides is 1. The van der Waals surface area contributed by atoms with Gasteiger partial charge in [-0.25, -0.2) is 4.98 Å². The zero-order chi connectivity index (χ0) is 10.6. The number of anilines is 1. The summed E-state index contributed by atoms with van der Waals surface area (Å²) < 4.78 is 5.84. The fourth-order valence-electron chi connectivity index (χ4n) is 0.897. The minimum absolute atomic E-state index is 0.552. The number of methoxy groups -OCH3 is 1. The maximum absolute atomic E-state index is 5.08. The lowest BCUT2D eigenvalue weighted by molar-refractivity contribution is 0.394. The molecule has 0 aromatic carbocycles. The SMILES string of the molecule is COc1nc(N(C)CCBr)ncc1Br. The van der Waals surface area contributed by atoms with Crippen LogP contribution in [-0.4, -0.2) is 36.0 Å². The van der Waals surface area contributed by atoms with Crippen molar-refractivity contribution in [2.24, 2.45) is 0 Å². The number of aromatic nitrogens is 2. The fourth-order valence-corrected chi connectivity index (χ4v) is 1.78. The molecule has 0 spiro atoms. The van der Waals surface area contributed by atoms with Crippen molar-refractivity contribution in [3.05, 3.63) is 10.7 Å². The van der Waals surface area contributed by atoms with Gasteiger partial charge < -0.3 is 9.64 Å². The summed E-state index contributed by atoms with van der Waals surface area (Å²) in [6.07, 6.45) is 1.69. The Morgan fingerprint density at radius 2 is 2.29 bits per heavy atom. The van der Waals surface area contributed by atoms with E-state index in [1.807, 2.05) is 11.9 Å². The van der Waals surface area contributed by atoms with Crippen LogP contribution in [0, 0.1) is 0 Å². The highest BCUT2D eigenvalue weighted by Crippen LogP contribution is 2.22. The van der Waals surface area contributed by atoms with Crippen molar-refractivity contribution in [2.75, 3.05) is 30.9 Å². The lowest BCUT2D eigenvalue weighted by Crippen LogP contribution is -2.21. The molecule has 4 nitrogen and oxygen atoms in total. The zero-order valence-corrected chi connectivity index (χ0v) is 11.2. The molecule has 0 aliphatic carbocycles. The molecule has 1 aromatic rings. The van der Waals surface area contributed by atoms with E-state index >= 15 is 0 Å². The van der Waals surface area contributed by atoms with Gasteiger partial charge in [0.25, 0.3) is 0 Å². The molecule has 0 atom stereocenters. The summed E-state index contributed by atoms with van der Waals surface area (Å²) in [6, 6.07) is 0. The third kappa shape index (κ3) is 2.81. The molecule has 1 heterocycles. The van der Waals surface area contributed by atoms with Crippen LogP contribution in [0.4, 0.5) is 5.95 Å². The molecule has 0 radical (unpaired) electrons. The molecule has 0 amide bonds. The molecule has 6 heteroatoms. The Morgan fingerprint density at radius 3 is 2.86 bits per heavy atom. The second-order valence-corrected chi connectivity index (χ2v) is 4.29. The molecule has 0 saturated heterocycles. The predicted octanol–water partition coefficient (Wildman–Crippen LogP) is 2.08. The molecule has 1 aromatic heterocycles. The van der Waals surface area contributed by atoms with E-state index < -0.39 is 0 Å². The van der Waals surface area contributed by atoms with Gasteiger partial charge in [0.15, 0.2) is 0 Å². The van der Waals surface area contributed by atoms with E-state index in [-0.39, 0.29) is 0 Å². The minimum atomic E-state index is 0.552. The van der Waals surface area contributed by atoms with Crippen molar-refractivity contribution in [3.63, 3.8) is 0 Å². The van der Waals surface area contributed by atoms with Crippen molar-refractivity contribution in [1.29, 1.82) is 0 Å². The summed E-state index contributed by atoms with van der Waals surface area (Å²) in [5.41, 5.74) is 0. The van der Waals surface area contributed by atoms with Gasteiger partial charge in [-0.2, -0.15) is 4.98 Å². The van der Waals surface area contributed by atoms with Crippen LogP contribution >= 0.6 is 31.9 Å². The zero-order valence-electron chi connectivity index (χ0n) is 8.00. The van der Waals surface area contributed by atoms with Crippen LogP contribution in [0.1, 0.15) is 0 Å². The van der Waals surface area contributed by atoms with Gasteiger partial charge in [0.2, 0.25) is 11.8 Å². The summed E-state index contributed by atoms with van der Waals surface area (Å²) in [6.45, 7) is 0.852. The van der Waals surface area contributed by atoms with Crippen LogP contribution in [0.25, 0.3) is 0 Å². The average molecular weight is 325 g/mol. The largest absolute Gasteiger partial charge is 0.480 e. The van der Waals surface area contributed by atoms with Crippen LogP contribution in [-0.2, 0) is 0 Å². The van der Waals surface area contributed by atoms with Gasteiger partial charge in [-0.05, 0) is 15.9 Å². The summed E-state index contributed by atoms with van der Waals surface area (Å²) in [7, 11) is 3.52. The van der Waals surface area contributed by atoms with Gasteiger partial charge in [0.05, 0.1) is 17.8 Å². The highest BCUT2D eigenvalue weighted by molar-refractivity contribution is 9.10. The van der Waals surface area contributed by atoms with Gasteiger partial charge >= 0.3 is 0 Å². The Labute approximate surface area is 99.9 Å². The van der Waals surface area contributed by atoms with Crippen molar-refractivity contribution in [3.8, 4) is 5.88 Å². The molecule has 0 bridgehead atoms. The van der Waals surface area contributed by atoms with Crippen LogP contribution < -0.4 is 9.64 Å². The van der Waals surface area contributed by atoms with Gasteiger partial charge in [0.1, 0.15) is 0 Å². The number of nitrogens with zero attached hydrogens (tertiary/aromatic N) is 3. The molecule has 14 heavy (non-hydrogen) atoms. The first kappa shape index (κ1) is 11.7. The van der Waals surface area contributed by atoms with Gasteiger partial charge in [-0.3, -0.25) is 0 Å². The van der Waals surface area contributed by atoms with E-state index in [9.17, 15) is 0 Å². The highest BCUT2D eigenvalue weighted by Gasteiger charge is 2.07. The molecule has 78 valence electrons. The number of hydrogen-bond acceptors (Lipinski definition) is 4. The molecule has 0 unspecified atom stereocenters. The van der Waals surface area contributed by atoms with E-state index in [0.29, 0.717) is 11.8 Å². The minimum Gasteiger partial charge on any atom is -0.480 e. The van der Waals surface area contributed by atoms with Crippen molar-refractivity contribution >= 4 is 37.8 Å². The Bertz CT molecular complexity index is 309. The standard InChI is InChI=1S/C8H11Br2N3O/c1-13(4-3-9)8-11-5-6(10)7(12-8)14-2/h5H,3-4H2,1-2H3. The first-order valence-corrected chi connectivity index (χ1v) is 5.94. The summed E-state index contributed by atoms with van der Waals surface area (Å²) in [5, 5.41) is 0.880. The highest BCUT2D eigenvalue weighted by atomic mass is 79.9. The summed E-state index contributed by atoms with van der Waals surface area (Å²) in [4.78, 5) is 10.4. The van der Waals surface area contributed by atoms with Crippen molar-refractivity contribution in [1.82, 2.24) is 9.97 Å². The van der Waals surface area contributed by atoms with Crippen LogP contribution in [0.3, 0.4) is 0 Å². The van der Waals surface area contributed by atoms with E-state index in [0.717, 1.165) is 16.3 Å². The Hall–Kier alpha value is -0.360. The smallest absolute Gasteiger partial charge is 0.232 e. The number of rotatable bonds is 4. The Morgan fingerprint density at radius 1 is 1.57 bits per heavy atom. The second-order valence-electron chi connectivity index (χ2n) is 2.64. The Kier molecular flexibility index (Phi) is 4.60. The Balaban J connectivity index is 2.88. The summed E-state index contributed by atoms with van der Waals surface area (Å²) >= 11 is 6.66. The van der Waals surface area contributed by atoms with Crippen molar-refractivity contribution < 1.29 is 4.74 Å². The lowest BCUT2D eigenvalue weighted by Gasteiger charge is -2.15. The fraction of sp³-hybridized carbons (Fsp3) is 0.500. The average Bonchev–Trinajstić information content (AvgIpc) is 2.19. The van der Waals surface area contributed by atoms with E-state index in [4.69, 9.17) is 4.74 Å². The van der Waals surface area contributed by atoms with Crippen LogP contribution in [0.2, 0.25) is 0 Å². The molecular weight excluding hydrogens is 314 g/mol. The van der Waals surface area contributed by atoms with Gasteiger partial charge in [-0.1, -0.05) is 15.9 Å². The first-order chi connectivity index (χ1) is 6.69. The maximum atomic E-state index is 5.08. The van der Waals surface area contributed by atoms with Gasteiger partial charge in [0, 0.05) is 18.9 Å². The molecule has 0 N–H and O–H groups in total. The quantitative estimate of drug-likeness (QED) is 0.795. The molecule has 0 fully saturated rings. The normalized spacial score (nSPS) is 10.0. The van der Waals surface area contributed by atoms with E-state index in [2.05, 4.69) is 41.8 Å². The number of hydrogen-bond donors (Lipinski definition) is 0. The number of ether oxygens (including phenoxy) is 1. The lowest BCUT2D eigenvalue weighted by atomic mass is 10.6. The van der Waals surface area contributed by atoms with Crippen LogP contribution in [0.15, 0.2) is 10.7 Å². The third-order valence-corrected chi connectivity index (χ3v) is 2.55. The molecular formula is C8H11Br2N3O. The van der Waals surface area contributed by atoms with Gasteiger partial charge in [-0.15, -0.1) is 0 Å². The molecule has 0 aliphatic heterocycles. The molecule has 0 saturated carbocycles. The first-order valence-electron chi connectivity index (χ1n) is 4.02. The molecule has 1 rings (SSSR count). The van der Waals surface area contributed by atoms with Crippen LogP contribution in [0.5, 0.6) is 5.88 Å². The maximum Gasteiger partial charge on any atom is 0.232 e. The van der Waals surface area contributed by atoms with E-state index in [1.54, 1.807) is 13.3 Å². The topological polar surface area (TPSA) is 38.2 Å². The monoisotopic (exact) mass is 323 g/mol. The molecule has 0 aliphatic rings. The number of halogens is 2. The second kappa shape index (κ2) is 5.50. The van der Waals surface area contributed by atoms with E-state index in [1.165, 1.54) is 0 Å². The summed E-state index contributed by atoms with van der Waals surface area (Å²) in [5.74, 6) is 1.21. The predicted molar refractivity (Wildman–Crippen MR) is 63.3 cm³/mol. The third-order valence-electron chi connectivity index (χ3n) is 1.65.